The molecule has 0 radical (unpaired) electrons. The molecule has 0 bridgehead atoms. The molecule has 2 N–H and O–H groups in total. The summed E-state index contributed by atoms with van der Waals surface area (Å²) < 4.78 is 19.4. The van der Waals surface area contributed by atoms with Crippen molar-refractivity contribution in [3.05, 3.63) is 25.3 Å². The van der Waals surface area contributed by atoms with Crippen molar-refractivity contribution >= 4 is 36.8 Å². The molecule has 1 atom stereocenters. The van der Waals surface area contributed by atoms with Gasteiger partial charge in [-0.05, 0) is 12.2 Å². The van der Waals surface area contributed by atoms with Crippen molar-refractivity contribution in [3.8, 4) is 0 Å². The number of thiol groups is 1. The summed E-state index contributed by atoms with van der Waals surface area (Å²) in [5.41, 5.74) is 0. The van der Waals surface area contributed by atoms with Crippen molar-refractivity contribution in [2.24, 2.45) is 0 Å². The van der Waals surface area contributed by atoms with Crippen LogP contribution in [0.15, 0.2) is 25.3 Å². The van der Waals surface area contributed by atoms with Crippen LogP contribution in [0.3, 0.4) is 0 Å². The maximum Gasteiger partial charge on any atom is 0.407 e. The molecule has 10 nitrogen and oxygen atoms in total. The van der Waals surface area contributed by atoms with Gasteiger partial charge in [-0.15, -0.1) is 0 Å². The van der Waals surface area contributed by atoms with E-state index in [1.807, 2.05) is 0 Å². The van der Waals surface area contributed by atoms with E-state index in [0.29, 0.717) is 12.2 Å². The first-order valence-corrected chi connectivity index (χ1v) is 8.60. The summed E-state index contributed by atoms with van der Waals surface area (Å²) in [6.45, 7) is 6.33. The SMILES string of the molecule is C=CC(=O)OCCNC(=O)OCC(CCS)OC(=O)NCCOC(=O)C=C. The summed E-state index contributed by atoms with van der Waals surface area (Å²) >= 11 is 4.05. The van der Waals surface area contributed by atoms with Gasteiger partial charge in [0.15, 0.2) is 0 Å². The number of esters is 2. The zero-order valence-corrected chi connectivity index (χ0v) is 15.7. The zero-order chi connectivity index (χ0) is 20.5. The second kappa shape index (κ2) is 15.6. The first-order chi connectivity index (χ1) is 12.9. The van der Waals surface area contributed by atoms with Crippen LogP contribution in [-0.2, 0) is 28.5 Å². The predicted octanol–water partition coefficient (Wildman–Crippen LogP) is 0.586. The van der Waals surface area contributed by atoms with Gasteiger partial charge < -0.3 is 29.6 Å². The van der Waals surface area contributed by atoms with E-state index in [1.54, 1.807) is 0 Å². The normalized spacial score (nSPS) is 10.7. The summed E-state index contributed by atoms with van der Waals surface area (Å²) in [6.07, 6.45) is 0.152. The van der Waals surface area contributed by atoms with E-state index < -0.39 is 30.2 Å². The van der Waals surface area contributed by atoms with Gasteiger partial charge in [-0.2, -0.15) is 12.6 Å². The lowest BCUT2D eigenvalue weighted by atomic mass is 10.3. The Bertz CT molecular complexity index is 527. The molecule has 0 heterocycles. The van der Waals surface area contributed by atoms with E-state index in [4.69, 9.17) is 9.47 Å². The Labute approximate surface area is 162 Å². The van der Waals surface area contributed by atoms with Crippen LogP contribution in [0.1, 0.15) is 6.42 Å². The molecule has 11 heteroatoms. The Morgan fingerprint density at radius 1 is 0.889 bits per heavy atom. The summed E-state index contributed by atoms with van der Waals surface area (Å²) in [5, 5.41) is 4.75. The molecular weight excluding hydrogens is 380 g/mol. The Morgan fingerprint density at radius 3 is 1.89 bits per heavy atom. The van der Waals surface area contributed by atoms with Gasteiger partial charge in [-0.25, -0.2) is 19.2 Å². The van der Waals surface area contributed by atoms with Crippen LogP contribution < -0.4 is 10.6 Å². The molecule has 0 rings (SSSR count). The van der Waals surface area contributed by atoms with Crippen LogP contribution in [0.5, 0.6) is 0 Å². The first-order valence-electron chi connectivity index (χ1n) is 7.97. The Balaban J connectivity index is 4.02. The smallest absolute Gasteiger partial charge is 0.407 e. The number of ether oxygens (including phenoxy) is 4. The van der Waals surface area contributed by atoms with Gasteiger partial charge in [0.25, 0.3) is 0 Å². The summed E-state index contributed by atoms with van der Waals surface area (Å²) in [5.74, 6) is -0.799. The van der Waals surface area contributed by atoms with E-state index in [1.165, 1.54) is 0 Å². The minimum atomic E-state index is -0.755. The van der Waals surface area contributed by atoms with Crippen LogP contribution in [-0.4, -0.2) is 68.9 Å². The third-order valence-electron chi connectivity index (χ3n) is 2.69. The monoisotopic (exact) mass is 404 g/mol. The van der Waals surface area contributed by atoms with E-state index in [2.05, 4.69) is 45.9 Å². The minimum absolute atomic E-state index is 0.0324. The maximum absolute atomic E-state index is 11.7. The molecule has 1 unspecified atom stereocenters. The average molecular weight is 404 g/mol. The minimum Gasteiger partial charge on any atom is -0.461 e. The molecule has 0 saturated carbocycles. The summed E-state index contributed by atoms with van der Waals surface area (Å²) in [7, 11) is 0. The number of amides is 2. The molecule has 0 spiro atoms. The standard InChI is InChI=1S/C16H24N2O8S/c1-3-13(19)23-8-6-17-15(21)25-11-12(5-10-27)26-16(22)18-7-9-24-14(20)4-2/h3-4,12,27H,1-2,5-11H2,(H,17,21)(H,18,22). The van der Waals surface area contributed by atoms with Crippen LogP contribution in [0, 0.1) is 0 Å². The van der Waals surface area contributed by atoms with Crippen molar-refractivity contribution in [2.75, 3.05) is 38.7 Å². The molecule has 0 aliphatic heterocycles. The van der Waals surface area contributed by atoms with Gasteiger partial charge in [-0.3, -0.25) is 0 Å². The van der Waals surface area contributed by atoms with Crippen LogP contribution in [0.4, 0.5) is 9.59 Å². The van der Waals surface area contributed by atoms with Crippen molar-refractivity contribution < 1.29 is 38.1 Å². The molecular formula is C16H24N2O8S. The van der Waals surface area contributed by atoms with Gasteiger partial charge >= 0.3 is 24.1 Å². The lowest BCUT2D eigenvalue weighted by Gasteiger charge is -2.17. The number of rotatable bonds is 13. The highest BCUT2D eigenvalue weighted by Crippen LogP contribution is 2.02. The molecule has 0 aromatic heterocycles. The van der Waals surface area contributed by atoms with Crippen molar-refractivity contribution in [1.29, 1.82) is 0 Å². The second-order valence-electron chi connectivity index (χ2n) is 4.73. The van der Waals surface area contributed by atoms with Crippen LogP contribution in [0.2, 0.25) is 0 Å². The molecule has 0 saturated heterocycles. The fourth-order valence-corrected chi connectivity index (χ4v) is 1.75. The topological polar surface area (TPSA) is 129 Å². The van der Waals surface area contributed by atoms with Crippen LogP contribution >= 0.6 is 12.6 Å². The third-order valence-corrected chi connectivity index (χ3v) is 2.95. The van der Waals surface area contributed by atoms with Crippen LogP contribution in [0.25, 0.3) is 0 Å². The largest absolute Gasteiger partial charge is 0.461 e. The van der Waals surface area contributed by atoms with E-state index in [9.17, 15) is 19.2 Å². The van der Waals surface area contributed by atoms with E-state index in [0.717, 1.165) is 12.2 Å². The van der Waals surface area contributed by atoms with Gasteiger partial charge in [0.2, 0.25) is 0 Å². The average Bonchev–Trinajstić information content (AvgIpc) is 2.66. The number of nitrogens with one attached hydrogen (secondary N) is 2. The lowest BCUT2D eigenvalue weighted by Crippen LogP contribution is -2.36. The highest BCUT2D eigenvalue weighted by molar-refractivity contribution is 7.80. The summed E-state index contributed by atoms with van der Waals surface area (Å²) in [4.78, 5) is 44.8. The number of alkyl carbamates (subject to hydrolysis) is 2. The molecule has 0 aliphatic rings. The van der Waals surface area contributed by atoms with Gasteiger partial charge in [0, 0.05) is 12.2 Å². The van der Waals surface area contributed by atoms with Gasteiger partial charge in [-0.1, -0.05) is 13.2 Å². The highest BCUT2D eigenvalue weighted by Gasteiger charge is 2.16. The zero-order valence-electron chi connectivity index (χ0n) is 14.8. The number of carbonyl (C=O) groups excluding carboxylic acids is 4. The second-order valence-corrected chi connectivity index (χ2v) is 5.18. The molecule has 27 heavy (non-hydrogen) atoms. The third kappa shape index (κ3) is 14.2. The number of carbonyl (C=O) groups is 4. The molecule has 0 aromatic rings. The number of hydrogen-bond donors (Lipinski definition) is 3. The Morgan fingerprint density at radius 2 is 1.41 bits per heavy atom. The predicted molar refractivity (Wildman–Crippen MR) is 98.4 cm³/mol. The molecule has 2 amide bonds. The van der Waals surface area contributed by atoms with Gasteiger partial charge in [0.05, 0.1) is 13.1 Å². The summed E-state index contributed by atoms with van der Waals surface area (Å²) in [6, 6.07) is 0. The maximum atomic E-state index is 11.7. The van der Waals surface area contributed by atoms with Crippen molar-refractivity contribution in [1.82, 2.24) is 10.6 Å². The molecule has 0 aliphatic carbocycles. The quantitative estimate of drug-likeness (QED) is 0.134. The Hall–Kier alpha value is -2.69. The molecule has 0 fully saturated rings. The van der Waals surface area contributed by atoms with Gasteiger partial charge in [0.1, 0.15) is 25.9 Å². The fraction of sp³-hybridized carbons (Fsp3) is 0.500. The number of hydrogen-bond acceptors (Lipinski definition) is 9. The molecule has 0 aromatic carbocycles. The first kappa shape index (κ1) is 24.3. The molecule has 152 valence electrons. The Kier molecular flexibility index (Phi) is 14.0. The van der Waals surface area contributed by atoms with E-state index in [-0.39, 0.29) is 32.9 Å². The van der Waals surface area contributed by atoms with E-state index >= 15 is 0 Å². The fourth-order valence-electron chi connectivity index (χ4n) is 1.46. The highest BCUT2D eigenvalue weighted by atomic mass is 32.1. The van der Waals surface area contributed by atoms with Crippen molar-refractivity contribution in [2.45, 2.75) is 12.5 Å². The van der Waals surface area contributed by atoms with Crippen molar-refractivity contribution in [3.63, 3.8) is 0 Å². The lowest BCUT2D eigenvalue weighted by molar-refractivity contribution is -0.138.